The molecular weight excluding hydrogens is 426 g/mol. The Bertz CT molecular complexity index is 1160. The Labute approximate surface area is 190 Å². The maximum Gasteiger partial charge on any atom is 0.282 e. The predicted octanol–water partition coefficient (Wildman–Crippen LogP) is 4.23. The summed E-state index contributed by atoms with van der Waals surface area (Å²) in [5, 5.41) is 5.05. The molecule has 1 aromatic heterocycles. The van der Waals surface area contributed by atoms with Crippen LogP contribution in [0.5, 0.6) is 11.5 Å². The highest BCUT2D eigenvalue weighted by Gasteiger charge is 2.41. The van der Waals surface area contributed by atoms with Crippen LogP contribution in [-0.4, -0.2) is 40.1 Å². The molecule has 32 heavy (non-hydrogen) atoms. The van der Waals surface area contributed by atoms with E-state index in [2.05, 4.69) is 5.32 Å². The number of amides is 2. The maximum absolute atomic E-state index is 13.5. The molecule has 0 aliphatic carbocycles. The third kappa shape index (κ3) is 3.92. The van der Waals surface area contributed by atoms with Gasteiger partial charge in [0.1, 0.15) is 17.2 Å². The van der Waals surface area contributed by atoms with E-state index >= 15 is 0 Å². The lowest BCUT2D eigenvalue weighted by molar-refractivity contribution is -0.120. The summed E-state index contributed by atoms with van der Waals surface area (Å²) < 4.78 is 10.6. The van der Waals surface area contributed by atoms with E-state index in [9.17, 15) is 9.59 Å². The van der Waals surface area contributed by atoms with Crippen LogP contribution in [0.3, 0.4) is 0 Å². The van der Waals surface area contributed by atoms with Crippen molar-refractivity contribution in [3.05, 3.63) is 70.6 Å². The van der Waals surface area contributed by atoms with Crippen molar-refractivity contribution in [1.29, 1.82) is 0 Å². The summed E-state index contributed by atoms with van der Waals surface area (Å²) in [6.07, 6.45) is 0. The van der Waals surface area contributed by atoms with Crippen LogP contribution in [0.4, 0.5) is 17.1 Å². The molecule has 0 atom stereocenters. The van der Waals surface area contributed by atoms with Crippen molar-refractivity contribution < 1.29 is 19.1 Å². The van der Waals surface area contributed by atoms with Crippen molar-refractivity contribution >= 4 is 45.8 Å². The van der Waals surface area contributed by atoms with Crippen molar-refractivity contribution in [3.63, 3.8) is 0 Å². The van der Waals surface area contributed by atoms with Crippen molar-refractivity contribution in [2.45, 2.75) is 0 Å². The lowest BCUT2D eigenvalue weighted by Gasteiger charge is -2.17. The van der Waals surface area contributed by atoms with Crippen LogP contribution >= 0.6 is 11.3 Å². The number of ether oxygens (including phenoxy) is 2. The first kappa shape index (κ1) is 21.5. The number of hydrogen-bond acceptors (Lipinski definition) is 7. The second kappa shape index (κ2) is 8.76. The summed E-state index contributed by atoms with van der Waals surface area (Å²) in [6.45, 7) is 0. The van der Waals surface area contributed by atoms with Gasteiger partial charge in [0.2, 0.25) is 0 Å². The number of nitrogens with one attached hydrogen (secondary N) is 1. The van der Waals surface area contributed by atoms with Gasteiger partial charge in [0.25, 0.3) is 11.8 Å². The molecule has 7 nitrogen and oxygen atoms in total. The Kier molecular flexibility index (Phi) is 5.87. The first-order chi connectivity index (χ1) is 15.4. The molecule has 0 radical (unpaired) electrons. The van der Waals surface area contributed by atoms with Gasteiger partial charge in [-0.25, -0.2) is 4.90 Å². The number of thiophene rings is 1. The van der Waals surface area contributed by atoms with Gasteiger partial charge in [-0.1, -0.05) is 6.07 Å². The van der Waals surface area contributed by atoms with E-state index in [1.54, 1.807) is 18.2 Å². The lowest BCUT2D eigenvalue weighted by Crippen LogP contribution is -2.32. The van der Waals surface area contributed by atoms with Crippen LogP contribution in [-0.2, 0) is 9.59 Å². The summed E-state index contributed by atoms with van der Waals surface area (Å²) in [6, 6.07) is 16.3. The highest BCUT2D eigenvalue weighted by atomic mass is 32.1. The molecule has 2 amide bonds. The molecule has 0 spiro atoms. The fraction of sp³-hybridized carbons (Fsp3) is 0.167. The van der Waals surface area contributed by atoms with Crippen molar-refractivity contribution in [2.24, 2.45) is 0 Å². The third-order valence-electron chi connectivity index (χ3n) is 5.10. The first-order valence-corrected chi connectivity index (χ1v) is 10.8. The Balaban J connectivity index is 1.76. The van der Waals surface area contributed by atoms with E-state index < -0.39 is 11.8 Å². The number of nitrogens with zero attached hydrogens (tertiary/aromatic N) is 2. The lowest BCUT2D eigenvalue weighted by atomic mass is 10.1. The standard InChI is InChI=1S/C24H23N3O4S/c1-26(2)16-9-7-15(8-10-16)25-22-21(20-6-5-11-32-20)23(28)27(24(22)29)17-12-18(30-3)14-19(13-17)31-4/h5-14,25H,1-4H3. The van der Waals surface area contributed by atoms with Gasteiger partial charge in [0, 0.05) is 48.5 Å². The van der Waals surface area contributed by atoms with Crippen LogP contribution in [0.25, 0.3) is 5.57 Å². The summed E-state index contributed by atoms with van der Waals surface area (Å²) in [4.78, 5) is 30.8. The number of imide groups is 1. The Hall–Kier alpha value is -3.78. The number of benzene rings is 2. The van der Waals surface area contributed by atoms with Gasteiger partial charge in [-0.15, -0.1) is 11.3 Å². The second-order valence-electron chi connectivity index (χ2n) is 7.31. The van der Waals surface area contributed by atoms with E-state index in [1.165, 1.54) is 25.6 Å². The van der Waals surface area contributed by atoms with Crippen molar-refractivity contribution in [3.8, 4) is 11.5 Å². The van der Waals surface area contributed by atoms with E-state index in [1.807, 2.05) is 60.8 Å². The highest BCUT2D eigenvalue weighted by molar-refractivity contribution is 7.11. The van der Waals surface area contributed by atoms with E-state index in [4.69, 9.17) is 9.47 Å². The fourth-order valence-electron chi connectivity index (χ4n) is 3.44. The molecule has 1 aliphatic rings. The molecule has 8 heteroatoms. The molecule has 1 aliphatic heterocycles. The molecule has 0 fully saturated rings. The summed E-state index contributed by atoms with van der Waals surface area (Å²) >= 11 is 1.41. The van der Waals surface area contributed by atoms with Crippen molar-refractivity contribution in [1.82, 2.24) is 0 Å². The Morgan fingerprint density at radius 1 is 0.906 bits per heavy atom. The Morgan fingerprint density at radius 3 is 2.09 bits per heavy atom. The summed E-state index contributed by atoms with van der Waals surface area (Å²) in [7, 11) is 6.95. The van der Waals surface area contributed by atoms with Gasteiger partial charge in [0.05, 0.1) is 25.5 Å². The minimum atomic E-state index is -0.439. The van der Waals surface area contributed by atoms with Gasteiger partial charge in [0.15, 0.2) is 0 Å². The number of carbonyl (C=O) groups is 2. The average molecular weight is 450 g/mol. The molecule has 0 unspecified atom stereocenters. The second-order valence-corrected chi connectivity index (χ2v) is 8.26. The molecule has 2 heterocycles. The normalized spacial score (nSPS) is 13.6. The van der Waals surface area contributed by atoms with Crippen LogP contribution in [0.15, 0.2) is 65.7 Å². The van der Waals surface area contributed by atoms with Crippen LogP contribution in [0, 0.1) is 0 Å². The van der Waals surface area contributed by atoms with Gasteiger partial charge in [-0.3, -0.25) is 9.59 Å². The minimum Gasteiger partial charge on any atom is -0.497 e. The average Bonchev–Trinajstić information content (AvgIpc) is 3.40. The Morgan fingerprint density at radius 2 is 1.56 bits per heavy atom. The number of carbonyl (C=O) groups excluding carboxylic acids is 2. The molecule has 164 valence electrons. The van der Waals surface area contributed by atoms with Crippen molar-refractivity contribution in [2.75, 3.05) is 43.4 Å². The van der Waals surface area contributed by atoms with E-state index in [-0.39, 0.29) is 5.70 Å². The topological polar surface area (TPSA) is 71.1 Å². The molecule has 0 bridgehead atoms. The minimum absolute atomic E-state index is 0.233. The van der Waals surface area contributed by atoms with Gasteiger partial charge in [-0.05, 0) is 35.7 Å². The molecule has 0 saturated heterocycles. The van der Waals surface area contributed by atoms with Crippen LogP contribution in [0.1, 0.15) is 4.88 Å². The molecule has 1 N–H and O–H groups in total. The summed E-state index contributed by atoms with van der Waals surface area (Å²) in [5.74, 6) is 0.127. The zero-order valence-corrected chi connectivity index (χ0v) is 19.0. The molecular formula is C24H23N3O4S. The van der Waals surface area contributed by atoms with Gasteiger partial charge < -0.3 is 19.7 Å². The van der Waals surface area contributed by atoms with Gasteiger partial charge >= 0.3 is 0 Å². The quantitative estimate of drug-likeness (QED) is 0.545. The molecule has 3 aromatic rings. The van der Waals surface area contributed by atoms with Gasteiger partial charge in [-0.2, -0.15) is 0 Å². The zero-order chi connectivity index (χ0) is 22.8. The molecule has 0 saturated carbocycles. The highest BCUT2D eigenvalue weighted by Crippen LogP contribution is 2.38. The first-order valence-electron chi connectivity index (χ1n) is 9.87. The smallest absolute Gasteiger partial charge is 0.282 e. The predicted molar refractivity (Wildman–Crippen MR) is 128 cm³/mol. The SMILES string of the molecule is COc1cc(OC)cc(N2C(=O)C(Nc3ccc(N(C)C)cc3)=C(c3cccs3)C2=O)c1. The monoisotopic (exact) mass is 449 g/mol. The number of hydrogen-bond donors (Lipinski definition) is 1. The fourth-order valence-corrected chi connectivity index (χ4v) is 4.21. The zero-order valence-electron chi connectivity index (χ0n) is 18.2. The number of rotatable bonds is 7. The number of methoxy groups -OCH3 is 2. The van der Waals surface area contributed by atoms with Crippen LogP contribution in [0.2, 0.25) is 0 Å². The van der Waals surface area contributed by atoms with E-state index in [0.717, 1.165) is 10.6 Å². The molecule has 2 aromatic carbocycles. The van der Waals surface area contributed by atoms with E-state index in [0.29, 0.717) is 33.3 Å². The maximum atomic E-state index is 13.5. The number of anilines is 3. The molecule has 4 rings (SSSR count). The largest absolute Gasteiger partial charge is 0.497 e. The summed E-state index contributed by atoms with van der Waals surface area (Å²) in [5.41, 5.74) is 2.69. The third-order valence-corrected chi connectivity index (χ3v) is 5.99. The van der Waals surface area contributed by atoms with Crippen LogP contribution < -0.4 is 24.6 Å².